The van der Waals surface area contributed by atoms with Crippen LogP contribution in [-0.2, 0) is 9.53 Å². The number of carbonyl (C=O) groups is 1. The van der Waals surface area contributed by atoms with Crippen molar-refractivity contribution in [2.24, 2.45) is 0 Å². The van der Waals surface area contributed by atoms with Crippen LogP contribution in [0.4, 0.5) is 11.6 Å². The second kappa shape index (κ2) is 9.38. The van der Waals surface area contributed by atoms with E-state index in [1.54, 1.807) is 14.0 Å². The Morgan fingerprint density at radius 3 is 2.71 bits per heavy atom. The normalized spacial score (nSPS) is 15.4. The summed E-state index contributed by atoms with van der Waals surface area (Å²) >= 11 is 5.18. The van der Waals surface area contributed by atoms with Gasteiger partial charge in [-0.25, -0.2) is 9.78 Å². The Kier molecular flexibility index (Phi) is 6.84. The molecule has 0 amide bonds. The van der Waals surface area contributed by atoms with Gasteiger partial charge in [0.05, 0.1) is 31.3 Å². The minimum atomic E-state index is -0.532. The summed E-state index contributed by atoms with van der Waals surface area (Å²) in [6.07, 6.45) is 0.604. The molecule has 1 unspecified atom stereocenters. The molecule has 166 valence electrons. The van der Waals surface area contributed by atoms with Crippen LogP contribution in [0.25, 0.3) is 0 Å². The first-order chi connectivity index (χ1) is 14.8. The number of rotatable bonds is 7. The number of aromatic nitrogens is 2. The first-order valence-corrected chi connectivity index (χ1v) is 10.6. The van der Waals surface area contributed by atoms with Gasteiger partial charge in [-0.15, -0.1) is 0 Å². The van der Waals surface area contributed by atoms with E-state index in [0.29, 0.717) is 46.6 Å². The molecule has 0 radical (unpaired) electrons. The molecular weight excluding hydrogens is 416 g/mol. The third kappa shape index (κ3) is 4.66. The molecule has 1 atom stereocenters. The molecule has 0 saturated heterocycles. The van der Waals surface area contributed by atoms with Crippen molar-refractivity contribution in [3.63, 3.8) is 0 Å². The number of allylic oxidation sites excluding steroid dienone is 1. The zero-order valence-electron chi connectivity index (χ0n) is 18.4. The van der Waals surface area contributed by atoms with E-state index in [1.807, 2.05) is 39.0 Å². The number of nitrogens with one attached hydrogen (secondary N) is 2. The fourth-order valence-corrected chi connectivity index (χ4v) is 3.77. The molecular formula is C22H28N4O4S. The molecule has 2 heterocycles. The third-order valence-corrected chi connectivity index (χ3v) is 5.03. The number of esters is 1. The highest BCUT2D eigenvalue weighted by molar-refractivity contribution is 7.71. The molecule has 9 heteroatoms. The van der Waals surface area contributed by atoms with Crippen molar-refractivity contribution >= 4 is 29.8 Å². The van der Waals surface area contributed by atoms with Crippen LogP contribution < -0.4 is 20.5 Å². The number of methoxy groups -OCH3 is 1. The van der Waals surface area contributed by atoms with Crippen LogP contribution in [0.15, 0.2) is 29.5 Å². The highest BCUT2D eigenvalue weighted by Gasteiger charge is 2.36. The molecule has 1 aliphatic heterocycles. The van der Waals surface area contributed by atoms with E-state index in [1.165, 1.54) is 0 Å². The van der Waals surface area contributed by atoms with Crippen LogP contribution in [0.3, 0.4) is 0 Å². The van der Waals surface area contributed by atoms with Gasteiger partial charge in [0.1, 0.15) is 11.6 Å². The largest absolute Gasteiger partial charge is 0.493 e. The van der Waals surface area contributed by atoms with Gasteiger partial charge in [-0.1, -0.05) is 13.0 Å². The van der Waals surface area contributed by atoms with Crippen LogP contribution in [-0.4, -0.2) is 35.8 Å². The Morgan fingerprint density at radius 2 is 2.06 bits per heavy atom. The van der Waals surface area contributed by atoms with E-state index in [2.05, 4.69) is 15.3 Å². The number of hydrogen-bond acceptors (Lipinski definition) is 8. The zero-order valence-corrected chi connectivity index (χ0v) is 19.2. The predicted octanol–water partition coefficient (Wildman–Crippen LogP) is 4.30. The standard InChI is InChI=1S/C22H28N4O4S/c1-6-9-29-14-8-7-13(10-15(14)28-5)17-16(21(27)30-11(2)3)12(4)24-20-18(17)19(23)25-22(31)26-20/h7-8,10-11,17H,6,9H2,1-5H3,(H4,23,24,25,26,31). The summed E-state index contributed by atoms with van der Waals surface area (Å²) in [6.45, 7) is 8.03. The number of nitrogens with two attached hydrogens (primary N) is 1. The van der Waals surface area contributed by atoms with Crippen molar-refractivity contribution in [1.82, 2.24) is 9.97 Å². The van der Waals surface area contributed by atoms with Crippen LogP contribution >= 0.6 is 12.2 Å². The molecule has 8 nitrogen and oxygen atoms in total. The van der Waals surface area contributed by atoms with Gasteiger partial charge in [0, 0.05) is 11.3 Å². The summed E-state index contributed by atoms with van der Waals surface area (Å²) in [5, 5.41) is 3.16. The number of fused-ring (bicyclic) bond motifs is 1. The summed E-state index contributed by atoms with van der Waals surface area (Å²) in [4.78, 5) is 20.4. The Labute approximate surface area is 186 Å². The fraction of sp³-hybridized carbons (Fsp3) is 0.409. The SMILES string of the molecule is CCCOc1ccc(C2C(C(=O)OC(C)C)=C(C)Nc3nc(=S)[nH]c(N)c32)cc1OC. The number of aromatic amines is 1. The van der Waals surface area contributed by atoms with E-state index < -0.39 is 11.9 Å². The van der Waals surface area contributed by atoms with Crippen molar-refractivity contribution in [2.75, 3.05) is 24.8 Å². The molecule has 1 aliphatic rings. The maximum absolute atomic E-state index is 13.1. The minimum Gasteiger partial charge on any atom is -0.493 e. The second-order valence-electron chi connectivity index (χ2n) is 7.53. The Hall–Kier alpha value is -3.07. The highest BCUT2D eigenvalue weighted by atomic mass is 32.1. The first-order valence-electron chi connectivity index (χ1n) is 10.2. The van der Waals surface area contributed by atoms with Crippen molar-refractivity contribution in [3.05, 3.63) is 45.4 Å². The zero-order chi connectivity index (χ0) is 22.7. The number of H-pyrrole nitrogens is 1. The Bertz CT molecular complexity index is 1080. The maximum atomic E-state index is 13.1. The second-order valence-corrected chi connectivity index (χ2v) is 7.91. The van der Waals surface area contributed by atoms with E-state index in [0.717, 1.165) is 12.0 Å². The quantitative estimate of drug-likeness (QED) is 0.428. The van der Waals surface area contributed by atoms with Gasteiger partial charge in [-0.2, -0.15) is 0 Å². The maximum Gasteiger partial charge on any atom is 0.337 e. The lowest BCUT2D eigenvalue weighted by atomic mass is 9.81. The van der Waals surface area contributed by atoms with Gasteiger partial charge in [0.2, 0.25) is 0 Å². The lowest BCUT2D eigenvalue weighted by Crippen LogP contribution is -2.27. The van der Waals surface area contributed by atoms with Gasteiger partial charge in [-0.05, 0) is 57.1 Å². The molecule has 4 N–H and O–H groups in total. The first kappa shape index (κ1) is 22.6. The summed E-state index contributed by atoms with van der Waals surface area (Å²) in [5.74, 6) is 1.08. The summed E-state index contributed by atoms with van der Waals surface area (Å²) in [5.41, 5.74) is 8.80. The number of hydrogen-bond donors (Lipinski definition) is 3. The number of ether oxygens (including phenoxy) is 3. The van der Waals surface area contributed by atoms with Gasteiger partial charge in [0.15, 0.2) is 16.3 Å². The van der Waals surface area contributed by atoms with Crippen molar-refractivity contribution in [3.8, 4) is 11.5 Å². The van der Waals surface area contributed by atoms with Crippen LogP contribution in [0, 0.1) is 4.77 Å². The monoisotopic (exact) mass is 444 g/mol. The van der Waals surface area contributed by atoms with Crippen LogP contribution in [0.5, 0.6) is 11.5 Å². The Balaban J connectivity index is 2.20. The van der Waals surface area contributed by atoms with Gasteiger partial charge < -0.3 is 30.2 Å². The molecule has 0 bridgehead atoms. The minimum absolute atomic E-state index is 0.254. The van der Waals surface area contributed by atoms with Crippen LogP contribution in [0.1, 0.15) is 51.2 Å². The molecule has 0 aliphatic carbocycles. The van der Waals surface area contributed by atoms with Crippen LogP contribution in [0.2, 0.25) is 0 Å². The molecule has 0 fully saturated rings. The number of nitrogen functional groups attached to an aromatic ring is 1. The average molecular weight is 445 g/mol. The molecule has 1 aromatic heterocycles. The predicted molar refractivity (Wildman–Crippen MR) is 122 cm³/mol. The molecule has 1 aromatic carbocycles. The smallest absolute Gasteiger partial charge is 0.337 e. The number of carbonyl (C=O) groups excluding carboxylic acids is 1. The summed E-state index contributed by atoms with van der Waals surface area (Å²) in [7, 11) is 1.58. The molecule has 3 rings (SSSR count). The lowest BCUT2D eigenvalue weighted by Gasteiger charge is -2.30. The van der Waals surface area contributed by atoms with Gasteiger partial charge >= 0.3 is 5.97 Å². The topological polar surface area (TPSA) is 111 Å². The third-order valence-electron chi connectivity index (χ3n) is 4.83. The number of benzene rings is 1. The van der Waals surface area contributed by atoms with E-state index in [4.69, 9.17) is 32.2 Å². The number of nitrogens with zero attached hydrogens (tertiary/aromatic N) is 1. The highest BCUT2D eigenvalue weighted by Crippen LogP contribution is 2.45. The average Bonchev–Trinajstić information content (AvgIpc) is 2.70. The van der Waals surface area contributed by atoms with Crippen molar-refractivity contribution in [2.45, 2.75) is 46.1 Å². The van der Waals surface area contributed by atoms with E-state index >= 15 is 0 Å². The molecule has 31 heavy (non-hydrogen) atoms. The van der Waals surface area contributed by atoms with Gasteiger partial charge in [0.25, 0.3) is 0 Å². The van der Waals surface area contributed by atoms with E-state index in [9.17, 15) is 4.79 Å². The number of anilines is 2. The summed E-state index contributed by atoms with van der Waals surface area (Å²) in [6, 6.07) is 5.58. The fourth-order valence-electron chi connectivity index (χ4n) is 3.57. The molecule has 0 spiro atoms. The van der Waals surface area contributed by atoms with Crippen molar-refractivity contribution < 1.29 is 19.0 Å². The van der Waals surface area contributed by atoms with Crippen molar-refractivity contribution in [1.29, 1.82) is 0 Å². The molecule has 0 saturated carbocycles. The van der Waals surface area contributed by atoms with E-state index in [-0.39, 0.29) is 10.9 Å². The Morgan fingerprint density at radius 1 is 1.32 bits per heavy atom. The lowest BCUT2D eigenvalue weighted by molar-refractivity contribution is -0.142. The summed E-state index contributed by atoms with van der Waals surface area (Å²) < 4.78 is 17.1. The molecule has 2 aromatic rings. The van der Waals surface area contributed by atoms with Gasteiger partial charge in [-0.3, -0.25) is 0 Å².